The summed E-state index contributed by atoms with van der Waals surface area (Å²) in [7, 11) is 0. The minimum atomic E-state index is -0.0478. The highest BCUT2D eigenvalue weighted by molar-refractivity contribution is 9.10. The summed E-state index contributed by atoms with van der Waals surface area (Å²) in [5.41, 5.74) is 3.88. The molecule has 3 heteroatoms. The van der Waals surface area contributed by atoms with Crippen molar-refractivity contribution in [2.75, 3.05) is 0 Å². The number of benzene rings is 1. The fraction of sp³-hybridized carbons (Fsp3) is 0.300. The quantitative estimate of drug-likeness (QED) is 0.548. The van der Waals surface area contributed by atoms with Crippen molar-refractivity contribution in [2.24, 2.45) is 5.41 Å². The van der Waals surface area contributed by atoms with Crippen molar-refractivity contribution in [2.45, 2.75) is 32.6 Å². The van der Waals surface area contributed by atoms with E-state index in [1.807, 2.05) is 36.4 Å². The molecule has 0 spiro atoms. The van der Waals surface area contributed by atoms with E-state index >= 15 is 0 Å². The number of rotatable bonds is 1. The lowest BCUT2D eigenvalue weighted by Gasteiger charge is -2.34. The van der Waals surface area contributed by atoms with Crippen LogP contribution in [0.4, 0.5) is 0 Å². The number of fused-ring (bicyclic) bond motifs is 1. The van der Waals surface area contributed by atoms with Gasteiger partial charge in [0.1, 0.15) is 12.0 Å². The van der Waals surface area contributed by atoms with Gasteiger partial charge in [0, 0.05) is 21.6 Å². The first kappa shape index (κ1) is 16.0. The second-order valence-electron chi connectivity index (χ2n) is 6.78. The lowest BCUT2D eigenvalue weighted by atomic mass is 9.71. The Bertz CT molecular complexity index is 814. The number of aromatic nitrogens is 1. The van der Waals surface area contributed by atoms with Crippen LogP contribution in [0, 0.1) is 17.3 Å². The van der Waals surface area contributed by atoms with Crippen molar-refractivity contribution >= 4 is 22.2 Å². The molecule has 0 aliphatic heterocycles. The van der Waals surface area contributed by atoms with Crippen molar-refractivity contribution in [1.82, 2.24) is 4.98 Å². The minimum absolute atomic E-state index is 0.0478. The number of halogens is 1. The van der Waals surface area contributed by atoms with E-state index in [2.05, 4.69) is 41.6 Å². The third-order valence-corrected chi connectivity index (χ3v) is 4.64. The van der Waals surface area contributed by atoms with E-state index in [-0.39, 0.29) is 11.3 Å². The highest BCUT2D eigenvalue weighted by Gasteiger charge is 2.32. The number of carbonyl (C=O) groups excluding carboxylic acids is 1. The maximum Gasteiger partial charge on any atom is 0.127 e. The predicted molar refractivity (Wildman–Crippen MR) is 95.3 cm³/mol. The predicted octanol–water partition coefficient (Wildman–Crippen LogP) is 4.50. The van der Waals surface area contributed by atoms with Gasteiger partial charge in [0.15, 0.2) is 0 Å². The third-order valence-electron chi connectivity index (χ3n) is 4.15. The van der Waals surface area contributed by atoms with Crippen molar-refractivity contribution < 1.29 is 4.79 Å². The topological polar surface area (TPSA) is 30.0 Å². The molecule has 0 radical (unpaired) electrons. The van der Waals surface area contributed by atoms with Crippen LogP contribution in [-0.2, 0) is 11.2 Å². The number of pyridine rings is 1. The first-order chi connectivity index (χ1) is 11.0. The Kier molecular flexibility index (Phi) is 4.37. The van der Waals surface area contributed by atoms with Gasteiger partial charge in [-0.15, -0.1) is 0 Å². The van der Waals surface area contributed by atoms with Crippen LogP contribution in [0.25, 0.3) is 0 Å². The SMILES string of the molecule is CC1(C)Cc2nc(C#Cc3cccc(Br)c3)ccc2C(C=O)C1. The molecule has 1 atom stereocenters. The van der Waals surface area contributed by atoms with Gasteiger partial charge in [-0.25, -0.2) is 4.98 Å². The summed E-state index contributed by atoms with van der Waals surface area (Å²) in [5, 5.41) is 0. The summed E-state index contributed by atoms with van der Waals surface area (Å²) in [5.74, 6) is 6.22. The second-order valence-corrected chi connectivity index (χ2v) is 7.70. The molecule has 2 nitrogen and oxygen atoms in total. The Labute approximate surface area is 145 Å². The molecule has 116 valence electrons. The molecule has 0 saturated carbocycles. The van der Waals surface area contributed by atoms with E-state index in [9.17, 15) is 4.79 Å². The number of aldehydes is 1. The monoisotopic (exact) mass is 367 g/mol. The molecular weight excluding hydrogens is 350 g/mol. The van der Waals surface area contributed by atoms with E-state index in [0.29, 0.717) is 0 Å². The van der Waals surface area contributed by atoms with E-state index < -0.39 is 0 Å². The molecule has 1 aliphatic rings. The van der Waals surface area contributed by atoms with Crippen LogP contribution in [0.15, 0.2) is 40.9 Å². The van der Waals surface area contributed by atoms with Crippen LogP contribution >= 0.6 is 15.9 Å². The Hall–Kier alpha value is -1.92. The maximum atomic E-state index is 11.4. The molecule has 0 bridgehead atoms. The molecule has 0 saturated heterocycles. The van der Waals surface area contributed by atoms with Gasteiger partial charge >= 0.3 is 0 Å². The minimum Gasteiger partial charge on any atom is -0.303 e. The van der Waals surface area contributed by atoms with E-state index in [4.69, 9.17) is 4.98 Å². The molecule has 1 unspecified atom stereocenters. The Morgan fingerprint density at radius 2 is 2.09 bits per heavy atom. The zero-order chi connectivity index (χ0) is 16.4. The molecule has 2 aromatic rings. The van der Waals surface area contributed by atoms with E-state index in [0.717, 1.165) is 46.1 Å². The smallest absolute Gasteiger partial charge is 0.127 e. The first-order valence-electron chi connectivity index (χ1n) is 7.69. The van der Waals surface area contributed by atoms with Crippen LogP contribution in [0.1, 0.15) is 48.7 Å². The lowest BCUT2D eigenvalue weighted by molar-refractivity contribution is -0.109. The molecule has 3 rings (SSSR count). The van der Waals surface area contributed by atoms with Gasteiger partial charge in [-0.2, -0.15) is 0 Å². The zero-order valence-corrected chi connectivity index (χ0v) is 14.9. The summed E-state index contributed by atoms with van der Waals surface area (Å²) in [4.78, 5) is 16.1. The zero-order valence-electron chi connectivity index (χ0n) is 13.3. The molecule has 0 N–H and O–H groups in total. The largest absolute Gasteiger partial charge is 0.303 e. The van der Waals surface area contributed by atoms with E-state index in [1.54, 1.807) is 0 Å². The number of nitrogens with zero attached hydrogens (tertiary/aromatic N) is 1. The number of hydrogen-bond acceptors (Lipinski definition) is 2. The fourth-order valence-corrected chi connectivity index (χ4v) is 3.51. The molecule has 1 aromatic heterocycles. The highest BCUT2D eigenvalue weighted by atomic mass is 79.9. The first-order valence-corrected chi connectivity index (χ1v) is 8.49. The van der Waals surface area contributed by atoms with Gasteiger partial charge in [0.2, 0.25) is 0 Å². The van der Waals surface area contributed by atoms with Crippen molar-refractivity contribution in [1.29, 1.82) is 0 Å². The summed E-state index contributed by atoms with van der Waals surface area (Å²) < 4.78 is 1.01. The average Bonchev–Trinajstić information content (AvgIpc) is 2.51. The summed E-state index contributed by atoms with van der Waals surface area (Å²) in [6, 6.07) is 11.8. The summed E-state index contributed by atoms with van der Waals surface area (Å²) in [6.45, 7) is 4.38. The maximum absolute atomic E-state index is 11.4. The summed E-state index contributed by atoms with van der Waals surface area (Å²) in [6.07, 6.45) is 2.82. The Morgan fingerprint density at radius 1 is 1.26 bits per heavy atom. The van der Waals surface area contributed by atoms with Gasteiger partial charge in [-0.05, 0) is 54.0 Å². The molecule has 0 amide bonds. The third kappa shape index (κ3) is 3.71. The van der Waals surface area contributed by atoms with Gasteiger partial charge < -0.3 is 4.79 Å². The Balaban J connectivity index is 1.94. The highest BCUT2D eigenvalue weighted by Crippen LogP contribution is 2.40. The fourth-order valence-electron chi connectivity index (χ4n) is 3.12. The molecular formula is C20H18BrNO. The van der Waals surface area contributed by atoms with Gasteiger partial charge in [-0.1, -0.05) is 47.8 Å². The van der Waals surface area contributed by atoms with Crippen LogP contribution in [0.5, 0.6) is 0 Å². The van der Waals surface area contributed by atoms with Gasteiger partial charge in [-0.3, -0.25) is 0 Å². The second kappa shape index (κ2) is 6.29. The molecule has 0 fully saturated rings. The molecule has 1 heterocycles. The van der Waals surface area contributed by atoms with Crippen molar-refractivity contribution in [3.63, 3.8) is 0 Å². The van der Waals surface area contributed by atoms with E-state index in [1.165, 1.54) is 0 Å². The van der Waals surface area contributed by atoms with Crippen molar-refractivity contribution in [3.05, 3.63) is 63.4 Å². The van der Waals surface area contributed by atoms with Gasteiger partial charge in [0.25, 0.3) is 0 Å². The normalized spacial score (nSPS) is 18.5. The van der Waals surface area contributed by atoms with Crippen LogP contribution in [0.2, 0.25) is 0 Å². The summed E-state index contributed by atoms with van der Waals surface area (Å²) >= 11 is 3.45. The van der Waals surface area contributed by atoms with Crippen LogP contribution < -0.4 is 0 Å². The Morgan fingerprint density at radius 3 is 2.83 bits per heavy atom. The molecule has 1 aliphatic carbocycles. The standard InChI is InChI=1S/C20H18BrNO/c1-20(2)11-15(13-23)18-9-8-17(22-19(18)12-20)7-6-14-4-3-5-16(21)10-14/h3-5,8-10,13,15H,11-12H2,1-2H3. The lowest BCUT2D eigenvalue weighted by Crippen LogP contribution is -2.27. The van der Waals surface area contributed by atoms with Crippen LogP contribution in [0.3, 0.4) is 0 Å². The number of hydrogen-bond donors (Lipinski definition) is 0. The molecule has 1 aromatic carbocycles. The van der Waals surface area contributed by atoms with Crippen molar-refractivity contribution in [3.8, 4) is 11.8 Å². The van der Waals surface area contributed by atoms with Crippen LogP contribution in [-0.4, -0.2) is 11.3 Å². The van der Waals surface area contributed by atoms with Gasteiger partial charge in [0.05, 0.1) is 0 Å². The molecule has 23 heavy (non-hydrogen) atoms. The average molecular weight is 368 g/mol. The number of carbonyl (C=O) groups is 1.